The number of benzene rings is 1. The van der Waals surface area contributed by atoms with Gasteiger partial charge in [0, 0.05) is 68.0 Å². The van der Waals surface area contributed by atoms with Crippen LogP contribution in [0.3, 0.4) is 0 Å². The summed E-state index contributed by atoms with van der Waals surface area (Å²) in [4.78, 5) is 29.6. The van der Waals surface area contributed by atoms with Crippen molar-refractivity contribution in [3.63, 3.8) is 0 Å². The average molecular weight is 578 g/mol. The van der Waals surface area contributed by atoms with Gasteiger partial charge in [-0.15, -0.1) is 0 Å². The molecule has 3 aromatic heterocycles. The number of carbonyl (C=O) groups is 1. The number of nitrogens with one attached hydrogen (secondary N) is 3. The summed E-state index contributed by atoms with van der Waals surface area (Å²) in [6.45, 7) is 5.14. The first-order chi connectivity index (χ1) is 20.2. The van der Waals surface area contributed by atoms with Gasteiger partial charge in [0.25, 0.3) is 5.91 Å². The molecule has 4 heterocycles. The summed E-state index contributed by atoms with van der Waals surface area (Å²) in [7, 11) is 0. The van der Waals surface area contributed by atoms with E-state index in [2.05, 4.69) is 47.5 Å². The molecule has 218 valence electrons. The molecule has 42 heavy (non-hydrogen) atoms. The van der Waals surface area contributed by atoms with E-state index in [9.17, 15) is 18.0 Å². The fourth-order valence-corrected chi connectivity index (χ4v) is 5.06. The van der Waals surface area contributed by atoms with Gasteiger partial charge in [-0.3, -0.25) is 19.8 Å². The number of H-pyrrole nitrogens is 1. The van der Waals surface area contributed by atoms with Gasteiger partial charge in [-0.05, 0) is 55.7 Å². The number of aromatic nitrogens is 5. The maximum Gasteiger partial charge on any atom is 0.434 e. The van der Waals surface area contributed by atoms with E-state index in [0.29, 0.717) is 29.9 Å². The van der Waals surface area contributed by atoms with Crippen LogP contribution in [0.25, 0.3) is 0 Å². The van der Waals surface area contributed by atoms with Crippen LogP contribution >= 0.6 is 0 Å². The van der Waals surface area contributed by atoms with Crippen LogP contribution in [0.15, 0.2) is 60.9 Å². The van der Waals surface area contributed by atoms with Crippen molar-refractivity contribution in [2.24, 2.45) is 0 Å². The highest BCUT2D eigenvalue weighted by Gasteiger charge is 2.37. The average Bonchev–Trinajstić information content (AvgIpc) is 3.73. The zero-order chi connectivity index (χ0) is 29.3. The molecule has 0 unspecified atom stereocenters. The monoisotopic (exact) mass is 577 g/mol. The van der Waals surface area contributed by atoms with Gasteiger partial charge < -0.3 is 15.5 Å². The summed E-state index contributed by atoms with van der Waals surface area (Å²) in [6, 6.07) is 13.6. The van der Waals surface area contributed by atoms with Gasteiger partial charge in [0.1, 0.15) is 5.82 Å². The Bertz CT molecular complexity index is 1550. The molecule has 3 N–H and O–H groups in total. The van der Waals surface area contributed by atoms with E-state index in [1.54, 1.807) is 18.3 Å². The van der Waals surface area contributed by atoms with E-state index in [-0.39, 0.29) is 6.04 Å². The number of alkyl halides is 3. The number of aromatic amines is 1. The largest absolute Gasteiger partial charge is 0.434 e. The minimum atomic E-state index is -4.72. The Labute approximate surface area is 240 Å². The second-order valence-electron chi connectivity index (χ2n) is 10.7. The van der Waals surface area contributed by atoms with E-state index in [0.717, 1.165) is 49.0 Å². The lowest BCUT2D eigenvalue weighted by atomic mass is 10.1. The first-order valence-electron chi connectivity index (χ1n) is 13.8. The van der Waals surface area contributed by atoms with Gasteiger partial charge in [-0.1, -0.05) is 12.1 Å². The van der Waals surface area contributed by atoms with Crippen LogP contribution in [0.4, 0.5) is 36.4 Å². The molecule has 1 aliphatic carbocycles. The van der Waals surface area contributed by atoms with Gasteiger partial charge in [0.2, 0.25) is 5.95 Å². The molecule has 1 atom stereocenters. The highest BCUT2D eigenvalue weighted by Crippen LogP contribution is 2.39. The van der Waals surface area contributed by atoms with Crippen LogP contribution in [0.5, 0.6) is 0 Å². The lowest BCUT2D eigenvalue weighted by Gasteiger charge is -2.40. The minimum absolute atomic E-state index is 0.220. The molecule has 0 radical (unpaired) electrons. The summed E-state index contributed by atoms with van der Waals surface area (Å²) < 4.78 is 39.7. The van der Waals surface area contributed by atoms with Crippen LogP contribution in [-0.2, 0) is 12.7 Å². The molecular formula is C29H30F3N9O. The molecule has 1 saturated heterocycles. The molecular weight excluding hydrogens is 547 g/mol. The number of rotatable bonds is 8. The predicted octanol–water partition coefficient (Wildman–Crippen LogP) is 5.20. The van der Waals surface area contributed by atoms with Crippen molar-refractivity contribution in [1.82, 2.24) is 30.0 Å². The quantitative estimate of drug-likeness (QED) is 0.262. The van der Waals surface area contributed by atoms with E-state index >= 15 is 0 Å². The van der Waals surface area contributed by atoms with Crippen LogP contribution in [0.1, 0.15) is 53.0 Å². The fourth-order valence-electron chi connectivity index (χ4n) is 5.06. The Morgan fingerprint density at radius 3 is 2.60 bits per heavy atom. The molecule has 0 bridgehead atoms. The summed E-state index contributed by atoms with van der Waals surface area (Å²) in [5.74, 6) is 1.83. The van der Waals surface area contributed by atoms with Crippen molar-refractivity contribution in [2.45, 2.75) is 44.4 Å². The van der Waals surface area contributed by atoms with Gasteiger partial charge in [-0.2, -0.15) is 23.3 Å². The summed E-state index contributed by atoms with van der Waals surface area (Å²) in [6.07, 6.45) is 0.450. The number of piperazine rings is 1. The highest BCUT2D eigenvalue weighted by molar-refractivity contribution is 6.05. The Morgan fingerprint density at radius 1 is 1.05 bits per heavy atom. The molecule has 1 amide bonds. The second-order valence-corrected chi connectivity index (χ2v) is 10.7. The lowest BCUT2D eigenvalue weighted by molar-refractivity contribution is -0.141. The number of amides is 1. The molecule has 2 aliphatic rings. The van der Waals surface area contributed by atoms with Crippen LogP contribution in [-0.4, -0.2) is 61.6 Å². The van der Waals surface area contributed by atoms with Crippen molar-refractivity contribution < 1.29 is 18.0 Å². The van der Waals surface area contributed by atoms with Gasteiger partial charge in [-0.25, -0.2) is 4.98 Å². The van der Waals surface area contributed by atoms with E-state index < -0.39 is 23.3 Å². The van der Waals surface area contributed by atoms with Crippen LogP contribution < -0.4 is 15.5 Å². The Balaban J connectivity index is 1.03. The number of anilines is 4. The van der Waals surface area contributed by atoms with E-state index in [1.165, 1.54) is 18.9 Å². The van der Waals surface area contributed by atoms with Crippen molar-refractivity contribution in [2.75, 3.05) is 35.2 Å². The number of halogens is 3. The summed E-state index contributed by atoms with van der Waals surface area (Å²) in [5.41, 5.74) is 0.858. The van der Waals surface area contributed by atoms with Gasteiger partial charge in [0.15, 0.2) is 11.5 Å². The molecule has 1 aliphatic heterocycles. The maximum atomic E-state index is 13.2. The zero-order valence-corrected chi connectivity index (χ0v) is 22.9. The maximum absolute atomic E-state index is 13.2. The summed E-state index contributed by atoms with van der Waals surface area (Å²) in [5, 5.41) is 13.2. The van der Waals surface area contributed by atoms with E-state index in [4.69, 9.17) is 4.98 Å². The molecule has 2 fully saturated rings. The Morgan fingerprint density at radius 2 is 1.86 bits per heavy atom. The first-order valence-corrected chi connectivity index (χ1v) is 13.8. The number of carbonyl (C=O) groups excluding carboxylic acids is 1. The highest BCUT2D eigenvalue weighted by atomic mass is 19.4. The minimum Gasteiger partial charge on any atom is -0.338 e. The van der Waals surface area contributed by atoms with Crippen LogP contribution in [0.2, 0.25) is 0 Å². The molecule has 4 aromatic rings. The number of hydrogen-bond acceptors (Lipinski definition) is 8. The first kappa shape index (κ1) is 27.6. The Hall–Kier alpha value is -4.52. The number of nitrogens with zero attached hydrogens (tertiary/aromatic N) is 6. The lowest BCUT2D eigenvalue weighted by Crippen LogP contribution is -2.51. The molecule has 10 nitrogen and oxygen atoms in total. The SMILES string of the molecule is C[C@@H]1CN(c2nccc(Nc3cc(C4CC4)[nH]n3)n2)CCN1Cc1ccc(NC(=O)c2cccnc2C(F)(F)F)cc1. The number of hydrogen-bond donors (Lipinski definition) is 3. The molecule has 13 heteroatoms. The molecule has 1 aromatic carbocycles. The smallest absolute Gasteiger partial charge is 0.338 e. The number of pyridine rings is 1. The third kappa shape index (κ3) is 6.35. The normalized spacial score (nSPS) is 17.7. The topological polar surface area (TPSA) is 115 Å². The van der Waals surface area contributed by atoms with Crippen molar-refractivity contribution in [1.29, 1.82) is 0 Å². The Kier molecular flexibility index (Phi) is 7.50. The van der Waals surface area contributed by atoms with Crippen molar-refractivity contribution in [3.05, 3.63) is 83.4 Å². The third-order valence-electron chi connectivity index (χ3n) is 7.48. The van der Waals surface area contributed by atoms with Gasteiger partial charge in [0.05, 0.1) is 5.56 Å². The van der Waals surface area contributed by atoms with Crippen LogP contribution in [0, 0.1) is 0 Å². The summed E-state index contributed by atoms with van der Waals surface area (Å²) >= 11 is 0. The fraction of sp³-hybridized carbons (Fsp3) is 0.345. The van der Waals surface area contributed by atoms with E-state index in [1.807, 2.05) is 24.3 Å². The standard InChI is InChI=1S/C29H30F3N9O/c1-18-16-41(28-34-12-10-24(37-28)36-25-15-23(38-39-25)20-6-7-20)14-13-40(18)17-19-4-8-21(9-5-19)35-27(42)22-3-2-11-33-26(22)29(30,31)32/h2-5,8-12,15,18,20H,6-7,13-14,16-17H2,1H3,(H,35,42)(H2,34,36,37,38,39)/t18-/m1/s1. The second kappa shape index (κ2) is 11.4. The molecule has 6 rings (SSSR count). The van der Waals surface area contributed by atoms with Crippen molar-refractivity contribution >= 4 is 29.2 Å². The van der Waals surface area contributed by atoms with Gasteiger partial charge >= 0.3 is 6.18 Å². The van der Waals surface area contributed by atoms with Crippen molar-refractivity contribution in [3.8, 4) is 0 Å². The predicted molar refractivity (Wildman–Crippen MR) is 152 cm³/mol. The molecule has 0 spiro atoms. The molecule has 1 saturated carbocycles. The zero-order valence-electron chi connectivity index (χ0n) is 22.9. The third-order valence-corrected chi connectivity index (χ3v) is 7.48.